The van der Waals surface area contributed by atoms with Crippen LogP contribution in [0.2, 0.25) is 0 Å². The van der Waals surface area contributed by atoms with E-state index in [2.05, 4.69) is 10.6 Å². The third kappa shape index (κ3) is 10.2. The molecule has 8 N–H and O–H groups in total. The van der Waals surface area contributed by atoms with Gasteiger partial charge in [-0.05, 0) is 43.5 Å². The van der Waals surface area contributed by atoms with Crippen LogP contribution in [0.3, 0.4) is 0 Å². The van der Waals surface area contributed by atoms with Crippen molar-refractivity contribution >= 4 is 29.4 Å². The summed E-state index contributed by atoms with van der Waals surface area (Å²) in [5, 5.41) is 5.25. The number of primary amides is 2. The third-order valence-electron chi connectivity index (χ3n) is 6.22. The maximum absolute atomic E-state index is 13.6. The molecule has 4 amide bonds. The van der Waals surface area contributed by atoms with Crippen LogP contribution >= 0.6 is 0 Å². The summed E-state index contributed by atoms with van der Waals surface area (Å²) in [6, 6.07) is 13.5. The number of carbonyl (C=O) groups excluding carboxylic acids is 5. The molecule has 2 aromatic carbocycles. The second-order valence-electron chi connectivity index (χ2n) is 9.20. The Morgan fingerprint density at radius 3 is 2.13 bits per heavy atom. The molecule has 0 bridgehead atoms. The van der Waals surface area contributed by atoms with Crippen LogP contribution in [0.1, 0.15) is 48.0 Å². The van der Waals surface area contributed by atoms with Gasteiger partial charge in [0.15, 0.2) is 5.78 Å². The van der Waals surface area contributed by atoms with Crippen molar-refractivity contribution in [2.75, 3.05) is 13.7 Å². The van der Waals surface area contributed by atoms with Gasteiger partial charge in [-0.1, -0.05) is 48.9 Å². The minimum absolute atomic E-state index is 0.198. The third-order valence-corrected chi connectivity index (χ3v) is 6.22. The van der Waals surface area contributed by atoms with Gasteiger partial charge in [0.1, 0.15) is 11.8 Å². The number of amides is 4. The summed E-state index contributed by atoms with van der Waals surface area (Å²) in [5.74, 6) is -3.70. The zero-order valence-electron chi connectivity index (χ0n) is 22.1. The van der Waals surface area contributed by atoms with E-state index in [1.54, 1.807) is 24.3 Å². The maximum atomic E-state index is 13.6. The predicted molar refractivity (Wildman–Crippen MR) is 145 cm³/mol. The van der Waals surface area contributed by atoms with Crippen molar-refractivity contribution in [1.29, 1.82) is 0 Å². The smallest absolute Gasteiger partial charge is 0.255 e. The first-order valence-corrected chi connectivity index (χ1v) is 12.7. The molecule has 0 fully saturated rings. The molecule has 0 aliphatic carbocycles. The lowest BCUT2D eigenvalue weighted by Crippen LogP contribution is -2.49. The number of benzene rings is 2. The zero-order chi connectivity index (χ0) is 28.8. The molecule has 0 aromatic heterocycles. The molecule has 0 saturated carbocycles. The fourth-order valence-corrected chi connectivity index (χ4v) is 4.12. The highest BCUT2D eigenvalue weighted by atomic mass is 16.5. The first-order chi connectivity index (χ1) is 18.7. The number of carbonyl (C=O) groups is 5. The van der Waals surface area contributed by atoms with Crippen molar-refractivity contribution in [1.82, 2.24) is 10.6 Å². The lowest BCUT2D eigenvalue weighted by Gasteiger charge is -2.23. The number of hydrogen-bond acceptors (Lipinski definition) is 7. The van der Waals surface area contributed by atoms with Crippen molar-refractivity contribution in [2.45, 2.75) is 50.6 Å². The summed E-state index contributed by atoms with van der Waals surface area (Å²) in [4.78, 5) is 63.0. The van der Waals surface area contributed by atoms with E-state index in [9.17, 15) is 24.0 Å². The van der Waals surface area contributed by atoms with Crippen LogP contribution < -0.4 is 32.6 Å². The van der Waals surface area contributed by atoms with E-state index in [0.29, 0.717) is 31.6 Å². The zero-order valence-corrected chi connectivity index (χ0v) is 22.1. The quantitative estimate of drug-likeness (QED) is 0.181. The molecule has 2 aromatic rings. The molecule has 11 heteroatoms. The van der Waals surface area contributed by atoms with E-state index >= 15 is 0 Å². The largest absolute Gasteiger partial charge is 0.496 e. The standard InChI is InChI=1S/C28H37N5O6/c1-39-24-13-6-5-12-20(24)28(38)32-21(15-18-9-3-2-4-10-18)23(34)16-19(11-7-8-14-29)27(37)33-22(26(31)36)17-25(30)35/h2-6,9-10,12-13,19,21-22H,7-8,11,14-17,29H2,1H3,(H2,30,35)(H2,31,36)(H,32,38)(H,33,37)/t19-,21+,22+/m1/s1. The normalized spacial score (nSPS) is 13.0. The predicted octanol–water partition coefficient (Wildman–Crippen LogP) is 0.586. The second kappa shape index (κ2) is 15.9. The molecular weight excluding hydrogens is 502 g/mol. The molecule has 210 valence electrons. The molecule has 2 rings (SSSR count). The second-order valence-corrected chi connectivity index (χ2v) is 9.20. The van der Waals surface area contributed by atoms with E-state index in [0.717, 1.165) is 5.56 Å². The molecule has 0 aliphatic rings. The Hall–Kier alpha value is -4.25. The van der Waals surface area contributed by atoms with Crippen molar-refractivity contribution in [2.24, 2.45) is 23.1 Å². The number of ketones is 1. The molecule has 11 nitrogen and oxygen atoms in total. The highest BCUT2D eigenvalue weighted by molar-refractivity contribution is 6.01. The number of nitrogens with two attached hydrogens (primary N) is 3. The molecule has 0 radical (unpaired) electrons. The van der Waals surface area contributed by atoms with Crippen LogP contribution in [0.25, 0.3) is 0 Å². The highest BCUT2D eigenvalue weighted by Crippen LogP contribution is 2.20. The molecule has 0 spiro atoms. The number of methoxy groups -OCH3 is 1. The fraction of sp³-hybridized carbons (Fsp3) is 0.393. The van der Waals surface area contributed by atoms with Crippen LogP contribution in [0.5, 0.6) is 5.75 Å². The van der Waals surface area contributed by atoms with Crippen LogP contribution in [-0.4, -0.2) is 55.2 Å². The van der Waals surface area contributed by atoms with Gasteiger partial charge in [-0.25, -0.2) is 0 Å². The highest BCUT2D eigenvalue weighted by Gasteiger charge is 2.30. The molecule has 0 heterocycles. The number of para-hydroxylation sites is 1. The Balaban J connectivity index is 2.28. The van der Waals surface area contributed by atoms with E-state index < -0.39 is 48.1 Å². The van der Waals surface area contributed by atoms with Gasteiger partial charge in [0, 0.05) is 12.3 Å². The molecule has 0 aliphatic heterocycles. The Kier molecular flexibility index (Phi) is 12.6. The summed E-state index contributed by atoms with van der Waals surface area (Å²) >= 11 is 0. The van der Waals surface area contributed by atoms with Gasteiger partial charge in [0.05, 0.1) is 25.1 Å². The Labute approximate surface area is 227 Å². The van der Waals surface area contributed by atoms with E-state index in [4.69, 9.17) is 21.9 Å². The Morgan fingerprint density at radius 2 is 1.51 bits per heavy atom. The molecule has 0 unspecified atom stereocenters. The number of unbranched alkanes of at least 4 members (excludes halogenated alkanes) is 1. The maximum Gasteiger partial charge on any atom is 0.255 e. The minimum atomic E-state index is -1.30. The van der Waals surface area contributed by atoms with Gasteiger partial charge in [0.2, 0.25) is 17.7 Å². The van der Waals surface area contributed by atoms with Crippen LogP contribution in [0.15, 0.2) is 54.6 Å². The van der Waals surface area contributed by atoms with Gasteiger partial charge in [-0.15, -0.1) is 0 Å². The lowest BCUT2D eigenvalue weighted by molar-refractivity contribution is -0.133. The monoisotopic (exact) mass is 539 g/mol. The van der Waals surface area contributed by atoms with Gasteiger partial charge >= 0.3 is 0 Å². The van der Waals surface area contributed by atoms with Crippen molar-refractivity contribution in [3.8, 4) is 5.75 Å². The van der Waals surface area contributed by atoms with E-state index in [-0.39, 0.29) is 24.2 Å². The first kappa shape index (κ1) is 31.0. The van der Waals surface area contributed by atoms with E-state index in [1.165, 1.54) is 7.11 Å². The van der Waals surface area contributed by atoms with Crippen molar-refractivity contribution < 1.29 is 28.7 Å². The fourth-order valence-electron chi connectivity index (χ4n) is 4.12. The Morgan fingerprint density at radius 1 is 0.846 bits per heavy atom. The molecule has 3 atom stereocenters. The lowest BCUT2D eigenvalue weighted by atomic mass is 9.90. The van der Waals surface area contributed by atoms with Crippen molar-refractivity contribution in [3.63, 3.8) is 0 Å². The van der Waals surface area contributed by atoms with Gasteiger partial charge in [-0.2, -0.15) is 0 Å². The number of ether oxygens (including phenoxy) is 1. The summed E-state index contributed by atoms with van der Waals surface area (Å²) in [7, 11) is 1.45. The van der Waals surface area contributed by atoms with Crippen LogP contribution in [0.4, 0.5) is 0 Å². The van der Waals surface area contributed by atoms with Gasteiger partial charge in [0.25, 0.3) is 5.91 Å². The topological polar surface area (TPSA) is 197 Å². The molecule has 0 saturated heterocycles. The van der Waals surface area contributed by atoms with Gasteiger partial charge < -0.3 is 32.6 Å². The van der Waals surface area contributed by atoms with Crippen LogP contribution in [0, 0.1) is 5.92 Å². The first-order valence-electron chi connectivity index (χ1n) is 12.7. The number of nitrogens with one attached hydrogen (secondary N) is 2. The van der Waals surface area contributed by atoms with Crippen LogP contribution in [-0.2, 0) is 25.6 Å². The average Bonchev–Trinajstić information content (AvgIpc) is 2.91. The summed E-state index contributed by atoms with van der Waals surface area (Å²) in [6.07, 6.45) is 0.989. The number of Topliss-reactive ketones (excluding diaryl/α,β-unsaturated/α-hetero) is 1. The van der Waals surface area contributed by atoms with Gasteiger partial charge in [-0.3, -0.25) is 24.0 Å². The summed E-state index contributed by atoms with van der Waals surface area (Å²) < 4.78 is 5.28. The van der Waals surface area contributed by atoms with Crippen molar-refractivity contribution in [3.05, 3.63) is 65.7 Å². The summed E-state index contributed by atoms with van der Waals surface area (Å²) in [5.41, 5.74) is 17.2. The number of rotatable bonds is 17. The summed E-state index contributed by atoms with van der Waals surface area (Å²) in [6.45, 7) is 0.402. The minimum Gasteiger partial charge on any atom is -0.496 e. The Bertz CT molecular complexity index is 1140. The van der Waals surface area contributed by atoms with E-state index in [1.807, 2.05) is 30.3 Å². The molecular formula is C28H37N5O6. The SMILES string of the molecule is COc1ccccc1C(=O)N[C@@H](Cc1ccccc1)C(=O)C[C@@H](CCCCN)C(=O)N[C@@H](CC(N)=O)C(N)=O. The molecule has 39 heavy (non-hydrogen) atoms. The number of hydrogen-bond donors (Lipinski definition) is 5. The average molecular weight is 540 g/mol.